The van der Waals surface area contributed by atoms with Gasteiger partial charge >= 0.3 is 0 Å². The summed E-state index contributed by atoms with van der Waals surface area (Å²) in [4.78, 5) is 0. The third kappa shape index (κ3) is 6.14. The number of aryl methyl sites for hydroxylation is 1. The molecule has 22 heavy (non-hydrogen) atoms. The zero-order chi connectivity index (χ0) is 17.1. The molecule has 1 saturated heterocycles. The predicted molar refractivity (Wildman–Crippen MR) is 93.8 cm³/mol. The molecule has 1 aromatic carbocycles. The van der Waals surface area contributed by atoms with Crippen molar-refractivity contribution in [1.29, 1.82) is 5.41 Å². The topological polar surface area (TPSA) is 45.1 Å². The van der Waals surface area contributed by atoms with E-state index in [2.05, 4.69) is 5.32 Å². The number of rotatable bonds is 4. The lowest BCUT2D eigenvalue weighted by molar-refractivity contribution is 0.187. The van der Waals surface area contributed by atoms with Crippen LogP contribution >= 0.6 is 0 Å². The Labute approximate surface area is 134 Å². The molecule has 0 spiro atoms. The molecule has 2 N–H and O–H groups in total. The molecule has 1 atom stereocenters. The molecule has 0 bridgehead atoms. The zero-order valence-electron chi connectivity index (χ0n) is 14.8. The van der Waals surface area contributed by atoms with Gasteiger partial charge in [-0.1, -0.05) is 27.7 Å². The normalized spacial score (nSPS) is 16.0. The second kappa shape index (κ2) is 11.2. The van der Waals surface area contributed by atoms with Gasteiger partial charge in [-0.2, -0.15) is 0 Å². The van der Waals surface area contributed by atoms with E-state index < -0.39 is 0 Å². The number of hydrogen-bond donors (Lipinski definition) is 2. The smallest absolute Gasteiger partial charge is 0.134 e. The molecule has 2 rings (SSSR count). The van der Waals surface area contributed by atoms with E-state index in [1.54, 1.807) is 6.92 Å². The summed E-state index contributed by atoms with van der Waals surface area (Å²) in [5, 5.41) is 10.9. The number of benzene rings is 1. The van der Waals surface area contributed by atoms with Gasteiger partial charge in [0.1, 0.15) is 5.82 Å². The molecule has 0 radical (unpaired) electrons. The Balaban J connectivity index is 0.00000102. The summed E-state index contributed by atoms with van der Waals surface area (Å²) in [6.07, 6.45) is 1.04. The SMILES string of the molecule is CC.CC.CC(=N)c1c(F)cc(C)cc1NCC1CCOC1. The zero-order valence-corrected chi connectivity index (χ0v) is 14.8. The van der Waals surface area contributed by atoms with Crippen LogP contribution in [0.2, 0.25) is 0 Å². The molecule has 1 heterocycles. The van der Waals surface area contributed by atoms with Crippen LogP contribution in [0.15, 0.2) is 12.1 Å². The van der Waals surface area contributed by atoms with E-state index in [-0.39, 0.29) is 11.5 Å². The summed E-state index contributed by atoms with van der Waals surface area (Å²) >= 11 is 0. The minimum atomic E-state index is -0.326. The summed E-state index contributed by atoms with van der Waals surface area (Å²) in [6, 6.07) is 3.36. The lowest BCUT2D eigenvalue weighted by Gasteiger charge is -2.15. The first kappa shape index (κ1) is 20.6. The van der Waals surface area contributed by atoms with E-state index >= 15 is 0 Å². The quantitative estimate of drug-likeness (QED) is 0.767. The molecular weight excluding hydrogens is 279 g/mol. The number of hydrogen-bond acceptors (Lipinski definition) is 3. The molecule has 0 amide bonds. The first-order valence-electron chi connectivity index (χ1n) is 8.25. The Bertz CT molecular complexity index is 455. The summed E-state index contributed by atoms with van der Waals surface area (Å²) in [6.45, 7) is 13.8. The van der Waals surface area contributed by atoms with Gasteiger partial charge in [-0.05, 0) is 38.0 Å². The van der Waals surface area contributed by atoms with Gasteiger partial charge < -0.3 is 15.5 Å². The number of nitrogens with one attached hydrogen (secondary N) is 2. The van der Waals surface area contributed by atoms with E-state index in [9.17, 15) is 4.39 Å². The van der Waals surface area contributed by atoms with Gasteiger partial charge in [-0.15, -0.1) is 0 Å². The van der Waals surface area contributed by atoms with Crippen LogP contribution in [0.3, 0.4) is 0 Å². The molecule has 126 valence electrons. The lowest BCUT2D eigenvalue weighted by Crippen LogP contribution is -2.16. The van der Waals surface area contributed by atoms with Crippen molar-refractivity contribution in [2.24, 2.45) is 5.92 Å². The van der Waals surface area contributed by atoms with E-state index in [1.165, 1.54) is 6.07 Å². The van der Waals surface area contributed by atoms with E-state index in [4.69, 9.17) is 10.1 Å². The number of ether oxygens (including phenoxy) is 1. The molecule has 1 aliphatic rings. The monoisotopic (exact) mass is 310 g/mol. The first-order chi connectivity index (χ1) is 10.6. The molecule has 1 aromatic rings. The summed E-state index contributed by atoms with van der Waals surface area (Å²) in [5.74, 6) is 0.153. The van der Waals surface area contributed by atoms with Gasteiger partial charge in [0.05, 0.1) is 12.2 Å². The fourth-order valence-corrected chi connectivity index (χ4v) is 2.26. The minimum absolute atomic E-state index is 0.248. The second-order valence-corrected chi connectivity index (χ2v) is 4.90. The Morgan fingerprint density at radius 1 is 1.32 bits per heavy atom. The van der Waals surface area contributed by atoms with Crippen molar-refractivity contribution in [2.45, 2.75) is 48.0 Å². The summed E-state index contributed by atoms with van der Waals surface area (Å²) < 4.78 is 19.2. The maximum absolute atomic E-state index is 13.9. The van der Waals surface area contributed by atoms with E-state index in [0.29, 0.717) is 17.2 Å². The highest BCUT2D eigenvalue weighted by Gasteiger charge is 2.17. The maximum atomic E-state index is 13.9. The van der Waals surface area contributed by atoms with Gasteiger partial charge in [0.15, 0.2) is 0 Å². The van der Waals surface area contributed by atoms with Crippen LogP contribution in [0.25, 0.3) is 0 Å². The average Bonchev–Trinajstić information content (AvgIpc) is 3.01. The highest BCUT2D eigenvalue weighted by molar-refractivity contribution is 6.01. The highest BCUT2D eigenvalue weighted by atomic mass is 19.1. The van der Waals surface area contributed by atoms with Crippen LogP contribution in [0.5, 0.6) is 0 Å². The molecular formula is C18H31FN2O. The molecule has 1 aliphatic heterocycles. The third-order valence-electron chi connectivity index (χ3n) is 3.21. The van der Waals surface area contributed by atoms with Crippen LogP contribution in [0.1, 0.15) is 52.2 Å². The molecule has 1 unspecified atom stereocenters. The molecule has 4 heteroatoms. The maximum Gasteiger partial charge on any atom is 0.134 e. The van der Waals surface area contributed by atoms with Crippen molar-refractivity contribution >= 4 is 11.4 Å². The minimum Gasteiger partial charge on any atom is -0.384 e. The predicted octanol–water partition coefficient (Wildman–Crippen LogP) is 5.02. The number of halogens is 1. The van der Waals surface area contributed by atoms with Gasteiger partial charge in [-0.25, -0.2) is 4.39 Å². The van der Waals surface area contributed by atoms with Crippen molar-refractivity contribution in [3.8, 4) is 0 Å². The van der Waals surface area contributed by atoms with Crippen LogP contribution in [-0.2, 0) is 4.74 Å². The number of anilines is 1. The lowest BCUT2D eigenvalue weighted by atomic mass is 10.0. The van der Waals surface area contributed by atoms with Gasteiger partial charge in [0, 0.05) is 30.5 Å². The molecule has 1 fully saturated rings. The van der Waals surface area contributed by atoms with Crippen LogP contribution < -0.4 is 5.32 Å². The van der Waals surface area contributed by atoms with Crippen LogP contribution in [0.4, 0.5) is 10.1 Å². The van der Waals surface area contributed by atoms with Gasteiger partial charge in [0.2, 0.25) is 0 Å². The molecule has 0 aromatic heterocycles. The molecule has 0 saturated carbocycles. The van der Waals surface area contributed by atoms with Crippen LogP contribution in [-0.4, -0.2) is 25.5 Å². The van der Waals surface area contributed by atoms with Gasteiger partial charge in [0.25, 0.3) is 0 Å². The third-order valence-corrected chi connectivity index (χ3v) is 3.21. The molecule has 3 nitrogen and oxygen atoms in total. The molecule has 0 aliphatic carbocycles. The van der Waals surface area contributed by atoms with Crippen LogP contribution in [0, 0.1) is 24.1 Å². The Kier molecular flexibility index (Phi) is 10.5. The van der Waals surface area contributed by atoms with E-state index in [0.717, 1.165) is 31.7 Å². The summed E-state index contributed by atoms with van der Waals surface area (Å²) in [5.41, 5.74) is 2.20. The Hall–Kier alpha value is -1.42. The van der Waals surface area contributed by atoms with Gasteiger partial charge in [-0.3, -0.25) is 0 Å². The average molecular weight is 310 g/mol. The van der Waals surface area contributed by atoms with Crippen molar-refractivity contribution in [3.05, 3.63) is 29.1 Å². The Morgan fingerprint density at radius 3 is 2.45 bits per heavy atom. The second-order valence-electron chi connectivity index (χ2n) is 4.90. The van der Waals surface area contributed by atoms with E-state index in [1.807, 2.05) is 40.7 Å². The van der Waals surface area contributed by atoms with Crippen molar-refractivity contribution in [2.75, 3.05) is 25.1 Å². The highest BCUT2D eigenvalue weighted by Crippen LogP contribution is 2.23. The standard InChI is InChI=1S/C14H19FN2O.2C2H6/c1-9-5-12(15)14(10(2)16)13(6-9)17-7-11-3-4-18-8-11;2*1-2/h5-6,11,16-17H,3-4,7-8H2,1-2H3;2*1-2H3. The largest absolute Gasteiger partial charge is 0.384 e. The van der Waals surface area contributed by atoms with Crippen molar-refractivity contribution < 1.29 is 9.13 Å². The van der Waals surface area contributed by atoms with Crippen molar-refractivity contribution in [1.82, 2.24) is 0 Å². The fourth-order valence-electron chi connectivity index (χ4n) is 2.26. The first-order valence-corrected chi connectivity index (χ1v) is 8.25. The van der Waals surface area contributed by atoms with Crippen molar-refractivity contribution in [3.63, 3.8) is 0 Å². The summed E-state index contributed by atoms with van der Waals surface area (Å²) in [7, 11) is 0. The fraction of sp³-hybridized carbons (Fsp3) is 0.611. The Morgan fingerprint density at radius 2 is 1.95 bits per heavy atom.